The molecule has 0 radical (unpaired) electrons. The Labute approximate surface area is 134 Å². The molecular weight excluding hydrogens is 301 g/mol. The van der Waals surface area contributed by atoms with Gasteiger partial charge in [0, 0.05) is 32.3 Å². The molecule has 3 rings (SSSR count). The van der Waals surface area contributed by atoms with E-state index in [1.807, 2.05) is 4.90 Å². The molecule has 0 spiro atoms. The van der Waals surface area contributed by atoms with Crippen LogP contribution in [-0.4, -0.2) is 60.6 Å². The maximum atomic E-state index is 12.9. The van der Waals surface area contributed by atoms with Gasteiger partial charge in [-0.15, -0.1) is 0 Å². The van der Waals surface area contributed by atoms with Crippen molar-refractivity contribution in [1.82, 2.24) is 9.80 Å². The number of rotatable bonds is 4. The molecule has 0 bridgehead atoms. The molecule has 7 heteroatoms. The number of benzene rings is 1. The number of anilines is 1. The number of hydrogen-bond acceptors (Lipinski definition) is 3. The molecule has 2 heterocycles. The zero-order valence-corrected chi connectivity index (χ0v) is 13.0. The predicted octanol–water partition coefficient (Wildman–Crippen LogP) is 1.68. The summed E-state index contributed by atoms with van der Waals surface area (Å²) in [6.07, 6.45) is 1.13. The van der Waals surface area contributed by atoms with Gasteiger partial charge in [-0.25, -0.2) is 9.18 Å². The Kier molecular flexibility index (Phi) is 4.47. The van der Waals surface area contributed by atoms with Gasteiger partial charge in [0.1, 0.15) is 5.82 Å². The van der Waals surface area contributed by atoms with Crippen LogP contribution >= 0.6 is 0 Å². The van der Waals surface area contributed by atoms with Crippen LogP contribution in [0.4, 0.5) is 14.9 Å². The lowest BCUT2D eigenvalue weighted by Gasteiger charge is -2.25. The highest BCUT2D eigenvalue weighted by Crippen LogP contribution is 2.32. The van der Waals surface area contributed by atoms with Gasteiger partial charge in [-0.05, 0) is 30.7 Å². The van der Waals surface area contributed by atoms with Crippen LogP contribution < -0.4 is 5.32 Å². The Morgan fingerprint density at radius 1 is 1.35 bits per heavy atom. The van der Waals surface area contributed by atoms with Gasteiger partial charge in [0.25, 0.3) is 0 Å². The summed E-state index contributed by atoms with van der Waals surface area (Å²) in [7, 11) is 1.61. The van der Waals surface area contributed by atoms with Crippen molar-refractivity contribution in [2.24, 2.45) is 0 Å². The number of amides is 3. The molecule has 2 aliphatic heterocycles. The fraction of sp³-hybridized carbons (Fsp3) is 0.500. The second-order valence-corrected chi connectivity index (χ2v) is 5.84. The summed E-state index contributed by atoms with van der Waals surface area (Å²) in [6.45, 7) is 1.67. The molecular formula is C16H20FN3O3. The Morgan fingerprint density at radius 3 is 2.78 bits per heavy atom. The zero-order chi connectivity index (χ0) is 16.4. The Morgan fingerprint density at radius 2 is 2.09 bits per heavy atom. The lowest BCUT2D eigenvalue weighted by Crippen LogP contribution is -2.42. The van der Waals surface area contributed by atoms with Crippen LogP contribution in [0.15, 0.2) is 24.3 Å². The lowest BCUT2D eigenvalue weighted by atomic mass is 10.1. The van der Waals surface area contributed by atoms with Gasteiger partial charge in [-0.2, -0.15) is 0 Å². The largest absolute Gasteiger partial charge is 0.383 e. The number of carbonyl (C=O) groups is 2. The maximum Gasteiger partial charge on any atom is 0.322 e. The van der Waals surface area contributed by atoms with Crippen LogP contribution in [0.3, 0.4) is 0 Å². The Bertz CT molecular complexity index is 593. The monoisotopic (exact) mass is 321 g/mol. The van der Waals surface area contributed by atoms with Gasteiger partial charge < -0.3 is 19.9 Å². The zero-order valence-electron chi connectivity index (χ0n) is 13.0. The van der Waals surface area contributed by atoms with Crippen LogP contribution in [0, 0.1) is 5.82 Å². The first kappa shape index (κ1) is 15.7. The van der Waals surface area contributed by atoms with E-state index in [1.54, 1.807) is 12.0 Å². The third-order valence-corrected chi connectivity index (χ3v) is 4.51. The van der Waals surface area contributed by atoms with Crippen molar-refractivity contribution < 1.29 is 18.7 Å². The number of hydrogen-bond donors (Lipinski definition) is 1. The minimum atomic E-state index is -0.348. The molecule has 6 nitrogen and oxygen atoms in total. The van der Waals surface area contributed by atoms with Gasteiger partial charge in [-0.1, -0.05) is 0 Å². The van der Waals surface area contributed by atoms with Crippen molar-refractivity contribution in [3.05, 3.63) is 30.1 Å². The SMILES string of the molecule is COCCN1C(=O)CC2C1CCN2C(=O)Nc1ccc(F)cc1. The summed E-state index contributed by atoms with van der Waals surface area (Å²) < 4.78 is 18.0. The standard InChI is InChI=1S/C16H20FN3O3/c1-23-9-8-19-13-6-7-20(14(13)10-15(19)21)16(22)18-12-4-2-11(17)3-5-12/h2-5,13-14H,6-10H2,1H3,(H,18,22). The van der Waals surface area contributed by atoms with E-state index in [1.165, 1.54) is 24.3 Å². The number of halogens is 1. The first-order chi connectivity index (χ1) is 11.1. The highest BCUT2D eigenvalue weighted by Gasteiger charge is 2.48. The highest BCUT2D eigenvalue weighted by molar-refractivity contribution is 5.91. The van der Waals surface area contributed by atoms with Crippen molar-refractivity contribution >= 4 is 17.6 Å². The summed E-state index contributed by atoms with van der Waals surface area (Å²) in [5.41, 5.74) is 0.542. The maximum absolute atomic E-state index is 12.9. The molecule has 3 amide bonds. The lowest BCUT2D eigenvalue weighted by molar-refractivity contribution is -0.129. The fourth-order valence-electron chi connectivity index (χ4n) is 3.39. The minimum absolute atomic E-state index is 0.0660. The average molecular weight is 321 g/mol. The average Bonchev–Trinajstić information content (AvgIpc) is 3.06. The van der Waals surface area contributed by atoms with Crippen molar-refractivity contribution in [1.29, 1.82) is 0 Å². The van der Waals surface area contributed by atoms with Crippen molar-refractivity contribution in [2.75, 3.05) is 32.1 Å². The number of nitrogens with one attached hydrogen (secondary N) is 1. The first-order valence-electron chi connectivity index (χ1n) is 7.71. The molecule has 2 aliphatic rings. The second kappa shape index (κ2) is 6.54. The molecule has 1 aromatic rings. The molecule has 0 aromatic heterocycles. The number of urea groups is 1. The molecule has 1 aromatic carbocycles. The van der Waals surface area contributed by atoms with E-state index in [0.717, 1.165) is 6.42 Å². The molecule has 124 valence electrons. The van der Waals surface area contributed by atoms with Crippen molar-refractivity contribution in [3.8, 4) is 0 Å². The first-order valence-corrected chi connectivity index (χ1v) is 7.71. The third kappa shape index (κ3) is 3.14. The van der Waals surface area contributed by atoms with E-state index in [0.29, 0.717) is 31.8 Å². The van der Waals surface area contributed by atoms with Crippen LogP contribution in [-0.2, 0) is 9.53 Å². The van der Waals surface area contributed by atoms with Gasteiger partial charge >= 0.3 is 6.03 Å². The predicted molar refractivity (Wildman–Crippen MR) is 82.5 cm³/mol. The number of ether oxygens (including phenoxy) is 1. The van der Waals surface area contributed by atoms with Crippen LogP contribution in [0.25, 0.3) is 0 Å². The van der Waals surface area contributed by atoms with Crippen LogP contribution in [0.1, 0.15) is 12.8 Å². The molecule has 2 atom stereocenters. The fourth-order valence-corrected chi connectivity index (χ4v) is 3.39. The molecule has 2 saturated heterocycles. The number of fused-ring (bicyclic) bond motifs is 1. The van der Waals surface area contributed by atoms with E-state index in [2.05, 4.69) is 5.32 Å². The van der Waals surface area contributed by atoms with E-state index < -0.39 is 0 Å². The van der Waals surface area contributed by atoms with Gasteiger partial charge in [-0.3, -0.25) is 4.79 Å². The molecule has 23 heavy (non-hydrogen) atoms. The Balaban J connectivity index is 1.64. The van der Waals surface area contributed by atoms with Gasteiger partial charge in [0.05, 0.1) is 18.7 Å². The Hall–Kier alpha value is -2.15. The minimum Gasteiger partial charge on any atom is -0.383 e. The third-order valence-electron chi connectivity index (χ3n) is 4.51. The molecule has 2 unspecified atom stereocenters. The van der Waals surface area contributed by atoms with Crippen LogP contribution in [0.2, 0.25) is 0 Å². The van der Waals surface area contributed by atoms with E-state index >= 15 is 0 Å². The normalized spacial score (nSPS) is 23.3. The number of carbonyl (C=O) groups excluding carboxylic acids is 2. The number of methoxy groups -OCH3 is 1. The summed E-state index contributed by atoms with van der Waals surface area (Å²) in [5.74, 6) is -0.282. The van der Waals surface area contributed by atoms with E-state index in [9.17, 15) is 14.0 Å². The summed E-state index contributed by atoms with van der Waals surface area (Å²) in [4.78, 5) is 28.1. The molecule has 0 aliphatic carbocycles. The topological polar surface area (TPSA) is 61.9 Å². The van der Waals surface area contributed by atoms with Gasteiger partial charge in [0.15, 0.2) is 0 Å². The summed E-state index contributed by atoms with van der Waals surface area (Å²) in [6, 6.07) is 5.36. The number of likely N-dealkylation sites (tertiary alicyclic amines) is 2. The van der Waals surface area contributed by atoms with Crippen molar-refractivity contribution in [2.45, 2.75) is 24.9 Å². The smallest absolute Gasteiger partial charge is 0.322 e. The highest BCUT2D eigenvalue weighted by atomic mass is 19.1. The second-order valence-electron chi connectivity index (χ2n) is 5.84. The number of nitrogens with zero attached hydrogens (tertiary/aromatic N) is 2. The molecule has 1 N–H and O–H groups in total. The van der Waals surface area contributed by atoms with Gasteiger partial charge in [0.2, 0.25) is 5.91 Å². The van der Waals surface area contributed by atoms with Crippen LogP contribution in [0.5, 0.6) is 0 Å². The summed E-state index contributed by atoms with van der Waals surface area (Å²) in [5, 5.41) is 2.76. The summed E-state index contributed by atoms with van der Waals surface area (Å²) >= 11 is 0. The van der Waals surface area contributed by atoms with E-state index in [4.69, 9.17) is 4.74 Å². The molecule has 2 fully saturated rings. The van der Waals surface area contributed by atoms with E-state index in [-0.39, 0.29) is 29.8 Å². The van der Waals surface area contributed by atoms with Crippen molar-refractivity contribution in [3.63, 3.8) is 0 Å². The quantitative estimate of drug-likeness (QED) is 0.918. The molecule has 0 saturated carbocycles.